The van der Waals surface area contributed by atoms with Gasteiger partial charge in [0.15, 0.2) is 5.82 Å². The van der Waals surface area contributed by atoms with E-state index in [-0.39, 0.29) is 5.91 Å². The van der Waals surface area contributed by atoms with Gasteiger partial charge in [-0.25, -0.2) is 0 Å². The number of carbonyl (C=O) groups is 1. The van der Waals surface area contributed by atoms with E-state index in [9.17, 15) is 4.79 Å². The second-order valence-corrected chi connectivity index (χ2v) is 5.50. The molecule has 7 heteroatoms. The Kier molecular flexibility index (Phi) is 4.60. The molecular formula is C12H21N5OS. The molecular weight excluding hydrogens is 262 g/mol. The number of likely N-dealkylation sites (tertiary alicyclic amines) is 1. The molecule has 1 unspecified atom stereocenters. The van der Waals surface area contributed by atoms with E-state index in [4.69, 9.17) is 5.73 Å². The molecule has 0 radical (unpaired) electrons. The van der Waals surface area contributed by atoms with Crippen molar-refractivity contribution in [2.24, 2.45) is 0 Å². The minimum absolute atomic E-state index is 0.183. The Hall–Kier alpha value is -1.34. The van der Waals surface area contributed by atoms with E-state index in [0.29, 0.717) is 17.4 Å². The predicted octanol–water partition coefficient (Wildman–Crippen LogP) is 0.981. The zero-order chi connectivity index (χ0) is 13.8. The van der Waals surface area contributed by atoms with Gasteiger partial charge in [-0.2, -0.15) is 4.37 Å². The van der Waals surface area contributed by atoms with Gasteiger partial charge in [-0.05, 0) is 37.5 Å². The van der Waals surface area contributed by atoms with Crippen LogP contribution in [0.15, 0.2) is 0 Å². The number of aromatic nitrogens is 1. The van der Waals surface area contributed by atoms with Crippen molar-refractivity contribution >= 4 is 28.3 Å². The summed E-state index contributed by atoms with van der Waals surface area (Å²) in [7, 11) is 1.60. The third kappa shape index (κ3) is 3.16. The number of anilines is 2. The summed E-state index contributed by atoms with van der Waals surface area (Å²) in [4.78, 5) is 14.2. The van der Waals surface area contributed by atoms with Crippen molar-refractivity contribution in [3.63, 3.8) is 0 Å². The van der Waals surface area contributed by atoms with Crippen LogP contribution in [0.3, 0.4) is 0 Å². The molecule has 19 heavy (non-hydrogen) atoms. The largest absolute Gasteiger partial charge is 0.382 e. The maximum atomic E-state index is 11.8. The van der Waals surface area contributed by atoms with Gasteiger partial charge in [-0.15, -0.1) is 0 Å². The summed E-state index contributed by atoms with van der Waals surface area (Å²) in [6.07, 6.45) is 2.29. The number of likely N-dealkylation sites (N-methyl/N-ethyl adjacent to an activating group) is 1. The van der Waals surface area contributed by atoms with Crippen molar-refractivity contribution in [2.45, 2.75) is 25.8 Å². The van der Waals surface area contributed by atoms with Crippen LogP contribution in [0, 0.1) is 0 Å². The van der Waals surface area contributed by atoms with Crippen LogP contribution in [0.25, 0.3) is 0 Å². The zero-order valence-electron chi connectivity index (χ0n) is 11.4. The van der Waals surface area contributed by atoms with Gasteiger partial charge in [0.2, 0.25) is 0 Å². The Morgan fingerprint density at radius 1 is 1.63 bits per heavy atom. The van der Waals surface area contributed by atoms with E-state index < -0.39 is 0 Å². The molecule has 1 aliphatic heterocycles. The van der Waals surface area contributed by atoms with Crippen LogP contribution in [0.4, 0.5) is 10.8 Å². The Morgan fingerprint density at radius 2 is 2.42 bits per heavy atom. The summed E-state index contributed by atoms with van der Waals surface area (Å²) in [6, 6.07) is 0.358. The Bertz CT molecular complexity index is 447. The summed E-state index contributed by atoms with van der Waals surface area (Å²) >= 11 is 1.26. The Balaban J connectivity index is 2.08. The zero-order valence-corrected chi connectivity index (χ0v) is 12.2. The van der Waals surface area contributed by atoms with Crippen molar-refractivity contribution in [1.29, 1.82) is 0 Å². The number of nitrogen functional groups attached to an aromatic ring is 1. The van der Waals surface area contributed by atoms with Gasteiger partial charge in [0.25, 0.3) is 5.91 Å². The first-order valence-electron chi connectivity index (χ1n) is 6.61. The highest BCUT2D eigenvalue weighted by molar-refractivity contribution is 7.11. The molecule has 6 nitrogen and oxygen atoms in total. The highest BCUT2D eigenvalue weighted by atomic mass is 32.1. The number of hydrogen-bond acceptors (Lipinski definition) is 6. The molecule has 106 valence electrons. The SMILES string of the molecule is CCN1CCCC(Nc2snc(N)c2C(=O)NC)C1. The standard InChI is InChI=1S/C12H21N5OS/c1-3-17-6-4-5-8(7-17)15-12-9(11(18)14-2)10(13)16-19-12/h8,15H,3-7H2,1-2H3,(H2,13,16)(H,14,18). The summed E-state index contributed by atoms with van der Waals surface area (Å²) < 4.78 is 4.07. The fraction of sp³-hybridized carbons (Fsp3) is 0.667. The fourth-order valence-corrected chi connectivity index (χ4v) is 3.18. The monoisotopic (exact) mass is 283 g/mol. The Morgan fingerprint density at radius 3 is 3.11 bits per heavy atom. The van der Waals surface area contributed by atoms with Gasteiger partial charge in [0.1, 0.15) is 10.6 Å². The molecule has 2 rings (SSSR count). The number of amides is 1. The third-order valence-corrected chi connectivity index (χ3v) is 4.25. The first kappa shape index (κ1) is 14.1. The molecule has 1 fully saturated rings. The van der Waals surface area contributed by atoms with E-state index in [2.05, 4.69) is 26.8 Å². The van der Waals surface area contributed by atoms with E-state index in [1.807, 2.05) is 0 Å². The van der Waals surface area contributed by atoms with Crippen LogP contribution >= 0.6 is 11.5 Å². The second-order valence-electron chi connectivity index (χ2n) is 4.73. The molecule has 0 saturated carbocycles. The van der Waals surface area contributed by atoms with Crippen LogP contribution in [-0.4, -0.2) is 47.9 Å². The molecule has 1 saturated heterocycles. The summed E-state index contributed by atoms with van der Waals surface area (Å²) in [6.45, 7) is 5.39. The lowest BCUT2D eigenvalue weighted by molar-refractivity contribution is 0.0965. The molecule has 1 atom stereocenters. The van der Waals surface area contributed by atoms with Crippen LogP contribution in [-0.2, 0) is 0 Å². The van der Waals surface area contributed by atoms with Crippen molar-refractivity contribution in [1.82, 2.24) is 14.6 Å². The van der Waals surface area contributed by atoms with Gasteiger partial charge in [-0.1, -0.05) is 6.92 Å². The minimum Gasteiger partial charge on any atom is -0.382 e. The topological polar surface area (TPSA) is 83.3 Å². The van der Waals surface area contributed by atoms with Gasteiger partial charge >= 0.3 is 0 Å². The van der Waals surface area contributed by atoms with Gasteiger partial charge in [0, 0.05) is 19.6 Å². The lowest BCUT2D eigenvalue weighted by Gasteiger charge is -2.32. The van der Waals surface area contributed by atoms with Gasteiger partial charge in [0.05, 0.1) is 0 Å². The lowest BCUT2D eigenvalue weighted by Crippen LogP contribution is -2.42. The van der Waals surface area contributed by atoms with Crippen molar-refractivity contribution < 1.29 is 4.79 Å². The molecule has 4 N–H and O–H groups in total. The highest BCUT2D eigenvalue weighted by Gasteiger charge is 2.23. The highest BCUT2D eigenvalue weighted by Crippen LogP contribution is 2.28. The van der Waals surface area contributed by atoms with Crippen LogP contribution in [0.2, 0.25) is 0 Å². The number of nitrogens with zero attached hydrogens (tertiary/aromatic N) is 2. The summed E-state index contributed by atoms with van der Waals surface area (Å²) in [5, 5.41) is 6.80. The second kappa shape index (κ2) is 6.21. The summed E-state index contributed by atoms with van der Waals surface area (Å²) in [5.41, 5.74) is 6.24. The normalized spacial score (nSPS) is 20.2. The average molecular weight is 283 g/mol. The van der Waals surface area contributed by atoms with Crippen LogP contribution < -0.4 is 16.4 Å². The van der Waals surface area contributed by atoms with E-state index in [1.54, 1.807) is 7.05 Å². The number of rotatable bonds is 4. The van der Waals surface area contributed by atoms with Crippen molar-refractivity contribution in [3.8, 4) is 0 Å². The quantitative estimate of drug-likeness (QED) is 0.767. The first-order chi connectivity index (χ1) is 9.15. The number of hydrogen-bond donors (Lipinski definition) is 3. The van der Waals surface area contributed by atoms with Gasteiger partial charge < -0.3 is 21.3 Å². The molecule has 1 aromatic heterocycles. The fourth-order valence-electron chi connectivity index (χ4n) is 2.39. The molecule has 0 aromatic carbocycles. The average Bonchev–Trinajstić information content (AvgIpc) is 2.79. The number of carbonyl (C=O) groups excluding carboxylic acids is 1. The molecule has 0 spiro atoms. The third-order valence-electron chi connectivity index (χ3n) is 3.46. The number of nitrogens with one attached hydrogen (secondary N) is 2. The number of piperidine rings is 1. The first-order valence-corrected chi connectivity index (χ1v) is 7.39. The minimum atomic E-state index is -0.183. The van der Waals surface area contributed by atoms with Crippen LogP contribution in [0.1, 0.15) is 30.1 Å². The molecule has 0 bridgehead atoms. The van der Waals surface area contributed by atoms with E-state index in [0.717, 1.165) is 31.1 Å². The van der Waals surface area contributed by atoms with Crippen molar-refractivity contribution in [2.75, 3.05) is 37.7 Å². The maximum absolute atomic E-state index is 11.8. The maximum Gasteiger partial charge on any atom is 0.257 e. The number of nitrogens with two attached hydrogens (primary N) is 1. The molecule has 1 aromatic rings. The van der Waals surface area contributed by atoms with Gasteiger partial charge in [-0.3, -0.25) is 4.79 Å². The van der Waals surface area contributed by atoms with E-state index >= 15 is 0 Å². The van der Waals surface area contributed by atoms with E-state index in [1.165, 1.54) is 18.0 Å². The molecule has 1 amide bonds. The predicted molar refractivity (Wildman–Crippen MR) is 78.7 cm³/mol. The molecule has 0 aliphatic carbocycles. The Labute approximate surface area is 117 Å². The summed E-state index contributed by atoms with van der Waals surface area (Å²) in [5.74, 6) is 0.118. The molecule has 1 aliphatic rings. The molecule has 2 heterocycles. The van der Waals surface area contributed by atoms with Crippen LogP contribution in [0.5, 0.6) is 0 Å². The smallest absolute Gasteiger partial charge is 0.257 e. The lowest BCUT2D eigenvalue weighted by atomic mass is 10.1. The van der Waals surface area contributed by atoms with Crippen molar-refractivity contribution in [3.05, 3.63) is 5.56 Å².